The number of carboxylic acid groups (broad SMARTS) is 1. The molecular weight excluding hydrogens is 284 g/mol. The number of nitrogens with zero attached hydrogens (tertiary/aromatic N) is 2. The average Bonchev–Trinajstić information content (AvgIpc) is 2.99. The summed E-state index contributed by atoms with van der Waals surface area (Å²) in [5.74, 6) is -0.859. The zero-order valence-corrected chi connectivity index (χ0v) is 12.8. The van der Waals surface area contributed by atoms with Crippen molar-refractivity contribution in [3.63, 3.8) is 0 Å². The summed E-state index contributed by atoms with van der Waals surface area (Å²) in [4.78, 5) is 12.7. The van der Waals surface area contributed by atoms with Crippen molar-refractivity contribution in [2.75, 3.05) is 0 Å². The van der Waals surface area contributed by atoms with E-state index in [1.165, 1.54) is 11.3 Å². The van der Waals surface area contributed by atoms with Crippen molar-refractivity contribution in [1.82, 2.24) is 9.78 Å². The average molecular weight is 300 g/mol. The molecule has 2 heterocycles. The number of aromatic carboxylic acids is 1. The van der Waals surface area contributed by atoms with Crippen molar-refractivity contribution in [2.24, 2.45) is 0 Å². The van der Waals surface area contributed by atoms with Gasteiger partial charge in [-0.05, 0) is 24.5 Å². The molecule has 0 amide bonds. The third-order valence-electron chi connectivity index (χ3n) is 3.60. The highest BCUT2D eigenvalue weighted by Gasteiger charge is 2.21. The largest absolute Gasteiger partial charge is 0.477 e. The molecule has 0 aliphatic heterocycles. The third-order valence-corrected chi connectivity index (χ3v) is 4.89. The van der Waals surface area contributed by atoms with Crippen LogP contribution in [0.2, 0.25) is 0 Å². The van der Waals surface area contributed by atoms with Crippen LogP contribution >= 0.6 is 11.3 Å². The molecule has 1 N–H and O–H groups in total. The second kappa shape index (κ2) is 5.33. The molecule has 0 fully saturated rings. The van der Waals surface area contributed by atoms with Crippen LogP contribution in [0.25, 0.3) is 10.2 Å². The zero-order chi connectivity index (χ0) is 15.0. The van der Waals surface area contributed by atoms with E-state index in [1.807, 2.05) is 36.7 Å². The van der Waals surface area contributed by atoms with Crippen molar-refractivity contribution in [1.29, 1.82) is 0 Å². The van der Waals surface area contributed by atoms with Gasteiger partial charge in [0.05, 0.1) is 12.2 Å². The number of rotatable bonds is 4. The van der Waals surface area contributed by atoms with Crippen LogP contribution in [0.4, 0.5) is 0 Å². The van der Waals surface area contributed by atoms with Crippen molar-refractivity contribution < 1.29 is 9.90 Å². The molecule has 0 aliphatic rings. The second-order valence-electron chi connectivity index (χ2n) is 4.98. The maximum absolute atomic E-state index is 11.3. The van der Waals surface area contributed by atoms with Crippen LogP contribution < -0.4 is 0 Å². The third kappa shape index (κ3) is 2.34. The van der Waals surface area contributed by atoms with Gasteiger partial charge in [-0.3, -0.25) is 4.68 Å². The molecule has 0 atom stereocenters. The standard InChI is InChI=1S/C16H16N2O2S/c1-3-12-13-10(2)14(16(19)20)21-15(13)18(17-12)9-11-7-5-4-6-8-11/h4-8H,3,9H2,1-2H3,(H,19,20). The number of carbonyl (C=O) groups is 1. The summed E-state index contributed by atoms with van der Waals surface area (Å²) in [7, 11) is 0. The van der Waals surface area contributed by atoms with E-state index in [9.17, 15) is 9.90 Å². The van der Waals surface area contributed by atoms with Crippen LogP contribution in [0.1, 0.15) is 33.4 Å². The number of hydrogen-bond donors (Lipinski definition) is 1. The van der Waals surface area contributed by atoms with Crippen LogP contribution in [0.15, 0.2) is 30.3 Å². The molecule has 1 aromatic carbocycles. The Kier molecular flexibility index (Phi) is 3.51. The molecule has 21 heavy (non-hydrogen) atoms. The molecule has 2 aromatic heterocycles. The molecule has 0 radical (unpaired) electrons. The van der Waals surface area contributed by atoms with E-state index in [-0.39, 0.29) is 0 Å². The van der Waals surface area contributed by atoms with Crippen LogP contribution in [-0.2, 0) is 13.0 Å². The molecule has 3 rings (SSSR count). The lowest BCUT2D eigenvalue weighted by atomic mass is 10.1. The molecule has 0 saturated carbocycles. The van der Waals surface area contributed by atoms with Crippen molar-refractivity contribution in [3.8, 4) is 0 Å². The maximum atomic E-state index is 11.3. The lowest BCUT2D eigenvalue weighted by Crippen LogP contribution is -2.01. The van der Waals surface area contributed by atoms with E-state index < -0.39 is 5.97 Å². The van der Waals surface area contributed by atoms with E-state index >= 15 is 0 Å². The Morgan fingerprint density at radius 2 is 2.05 bits per heavy atom. The Bertz CT molecular complexity index is 803. The van der Waals surface area contributed by atoms with Gasteiger partial charge >= 0.3 is 5.97 Å². The first-order chi connectivity index (χ1) is 10.1. The fourth-order valence-corrected chi connectivity index (χ4v) is 3.70. The summed E-state index contributed by atoms with van der Waals surface area (Å²) in [5.41, 5.74) is 2.97. The maximum Gasteiger partial charge on any atom is 0.346 e. The number of aromatic nitrogens is 2. The fourth-order valence-electron chi connectivity index (χ4n) is 2.58. The molecule has 0 saturated heterocycles. The minimum atomic E-state index is -0.859. The molecule has 108 valence electrons. The predicted octanol–water partition coefficient (Wildman–Crippen LogP) is 3.72. The highest BCUT2D eigenvalue weighted by Crippen LogP contribution is 2.34. The molecular formula is C16H16N2O2S. The molecule has 0 aliphatic carbocycles. The number of carboxylic acids is 1. The van der Waals surface area contributed by atoms with Gasteiger partial charge in [-0.1, -0.05) is 37.3 Å². The summed E-state index contributed by atoms with van der Waals surface area (Å²) < 4.78 is 1.92. The van der Waals surface area contributed by atoms with E-state index in [1.54, 1.807) is 0 Å². The summed E-state index contributed by atoms with van der Waals surface area (Å²) in [6.07, 6.45) is 0.801. The Morgan fingerprint density at radius 3 is 2.67 bits per heavy atom. The fraction of sp³-hybridized carbons (Fsp3) is 0.250. The molecule has 0 spiro atoms. The summed E-state index contributed by atoms with van der Waals surface area (Å²) in [6.45, 7) is 4.58. The Labute approximate surface area is 126 Å². The molecule has 3 aromatic rings. The number of thiophene rings is 1. The van der Waals surface area contributed by atoms with Gasteiger partial charge in [0.15, 0.2) is 0 Å². The number of fused-ring (bicyclic) bond motifs is 1. The van der Waals surface area contributed by atoms with E-state index in [2.05, 4.69) is 17.2 Å². The van der Waals surface area contributed by atoms with Crippen LogP contribution in [0, 0.1) is 6.92 Å². The number of hydrogen-bond acceptors (Lipinski definition) is 3. The monoisotopic (exact) mass is 300 g/mol. The van der Waals surface area contributed by atoms with E-state index in [0.717, 1.165) is 33.5 Å². The van der Waals surface area contributed by atoms with Gasteiger partial charge in [-0.15, -0.1) is 11.3 Å². The topological polar surface area (TPSA) is 55.1 Å². The zero-order valence-electron chi connectivity index (χ0n) is 12.0. The second-order valence-corrected chi connectivity index (χ2v) is 5.98. The Balaban J connectivity index is 2.15. The normalized spacial score (nSPS) is 11.1. The van der Waals surface area contributed by atoms with E-state index in [0.29, 0.717) is 11.4 Å². The lowest BCUT2D eigenvalue weighted by Gasteiger charge is -2.02. The van der Waals surface area contributed by atoms with Crippen LogP contribution in [-0.4, -0.2) is 20.9 Å². The van der Waals surface area contributed by atoms with Gasteiger partial charge in [0.2, 0.25) is 0 Å². The van der Waals surface area contributed by atoms with Crippen molar-refractivity contribution >= 4 is 27.5 Å². The van der Waals surface area contributed by atoms with Gasteiger partial charge in [-0.25, -0.2) is 4.79 Å². The summed E-state index contributed by atoms with van der Waals surface area (Å²) in [6, 6.07) is 10.1. The predicted molar refractivity (Wildman–Crippen MR) is 84.2 cm³/mol. The highest BCUT2D eigenvalue weighted by molar-refractivity contribution is 7.20. The van der Waals surface area contributed by atoms with Gasteiger partial charge in [0.1, 0.15) is 9.71 Å². The van der Waals surface area contributed by atoms with Gasteiger partial charge < -0.3 is 5.11 Å². The lowest BCUT2D eigenvalue weighted by molar-refractivity contribution is 0.0701. The number of aryl methyl sites for hydroxylation is 2. The van der Waals surface area contributed by atoms with Gasteiger partial charge in [-0.2, -0.15) is 5.10 Å². The Morgan fingerprint density at radius 1 is 1.33 bits per heavy atom. The SMILES string of the molecule is CCc1nn(Cc2ccccc2)c2sc(C(=O)O)c(C)c12. The number of benzene rings is 1. The molecule has 0 unspecified atom stereocenters. The van der Waals surface area contributed by atoms with Crippen LogP contribution in [0.5, 0.6) is 0 Å². The molecule has 5 heteroatoms. The molecule has 4 nitrogen and oxygen atoms in total. The van der Waals surface area contributed by atoms with Crippen molar-refractivity contribution in [3.05, 3.63) is 52.0 Å². The summed E-state index contributed by atoms with van der Waals surface area (Å²) >= 11 is 1.31. The minimum Gasteiger partial charge on any atom is -0.477 e. The van der Waals surface area contributed by atoms with Crippen LogP contribution in [0.3, 0.4) is 0 Å². The van der Waals surface area contributed by atoms with Gasteiger partial charge in [0.25, 0.3) is 0 Å². The molecule has 0 bridgehead atoms. The first-order valence-electron chi connectivity index (χ1n) is 6.87. The highest BCUT2D eigenvalue weighted by atomic mass is 32.1. The van der Waals surface area contributed by atoms with Crippen molar-refractivity contribution in [2.45, 2.75) is 26.8 Å². The quantitative estimate of drug-likeness (QED) is 0.799. The van der Waals surface area contributed by atoms with Gasteiger partial charge in [0, 0.05) is 5.39 Å². The smallest absolute Gasteiger partial charge is 0.346 e. The minimum absolute atomic E-state index is 0.416. The first kappa shape index (κ1) is 13.8. The van der Waals surface area contributed by atoms with E-state index in [4.69, 9.17) is 0 Å². The Hall–Kier alpha value is -2.14. The first-order valence-corrected chi connectivity index (χ1v) is 7.69. The summed E-state index contributed by atoms with van der Waals surface area (Å²) in [5, 5.41) is 15.0.